The van der Waals surface area contributed by atoms with Gasteiger partial charge in [0.05, 0.1) is 25.4 Å². The van der Waals surface area contributed by atoms with Gasteiger partial charge in [-0.1, -0.05) is 397 Å². The van der Waals surface area contributed by atoms with Crippen LogP contribution in [-0.2, 0) is 14.3 Å². The Balaban J connectivity index is 3.34. The van der Waals surface area contributed by atoms with E-state index in [0.29, 0.717) is 19.4 Å². The molecule has 0 aliphatic carbocycles. The number of unbranched alkanes of at least 4 members (excludes halogenated alkanes) is 62. The molecule has 526 valence electrons. The fraction of sp³-hybridized carbons (Fsp3) is 0.904. The number of allylic oxidation sites excluding steroid dienone is 5. The van der Waals surface area contributed by atoms with Crippen molar-refractivity contribution >= 4 is 11.9 Å². The van der Waals surface area contributed by atoms with E-state index >= 15 is 0 Å². The highest BCUT2D eigenvalue weighted by molar-refractivity contribution is 5.76. The van der Waals surface area contributed by atoms with Crippen molar-refractivity contribution in [2.75, 3.05) is 13.2 Å². The summed E-state index contributed by atoms with van der Waals surface area (Å²) in [5.74, 6) is -0.0456. The number of nitrogens with one attached hydrogen (secondary N) is 1. The molecule has 89 heavy (non-hydrogen) atoms. The molecule has 0 saturated carbocycles. The van der Waals surface area contributed by atoms with Crippen LogP contribution in [0.3, 0.4) is 0 Å². The molecule has 0 radical (unpaired) electrons. The molecule has 0 bridgehead atoms. The van der Waals surface area contributed by atoms with E-state index in [4.69, 9.17) is 4.74 Å². The number of hydrogen-bond acceptors (Lipinski definition) is 5. The van der Waals surface area contributed by atoms with E-state index < -0.39 is 12.1 Å². The summed E-state index contributed by atoms with van der Waals surface area (Å²) in [7, 11) is 0. The van der Waals surface area contributed by atoms with Gasteiger partial charge in [-0.15, -0.1) is 0 Å². The minimum atomic E-state index is -0.842. The monoisotopic (exact) mass is 1250 g/mol. The van der Waals surface area contributed by atoms with Gasteiger partial charge in [-0.3, -0.25) is 9.59 Å². The second kappa shape index (κ2) is 78.5. The minimum Gasteiger partial charge on any atom is -0.466 e. The molecule has 0 rings (SSSR count). The zero-order valence-corrected chi connectivity index (χ0v) is 60.4. The summed E-state index contributed by atoms with van der Waals surface area (Å²) >= 11 is 0. The van der Waals surface area contributed by atoms with Gasteiger partial charge in [0.15, 0.2) is 0 Å². The first kappa shape index (κ1) is 87.1. The lowest BCUT2D eigenvalue weighted by molar-refractivity contribution is -0.143. The van der Waals surface area contributed by atoms with E-state index in [2.05, 4.69) is 43.5 Å². The second-order valence-corrected chi connectivity index (χ2v) is 28.1. The molecule has 6 heteroatoms. The van der Waals surface area contributed by atoms with E-state index in [1.54, 1.807) is 6.08 Å². The molecule has 0 aliphatic rings. The van der Waals surface area contributed by atoms with Crippen molar-refractivity contribution < 1.29 is 24.5 Å². The van der Waals surface area contributed by atoms with Gasteiger partial charge in [0.1, 0.15) is 0 Å². The lowest BCUT2D eigenvalue weighted by atomic mass is 10.0. The van der Waals surface area contributed by atoms with Gasteiger partial charge in [0.25, 0.3) is 0 Å². The summed E-state index contributed by atoms with van der Waals surface area (Å²) < 4.78 is 5.49. The Morgan fingerprint density at radius 3 is 0.809 bits per heavy atom. The van der Waals surface area contributed by atoms with E-state index in [1.807, 2.05) is 6.08 Å². The van der Waals surface area contributed by atoms with Crippen LogP contribution in [-0.4, -0.2) is 47.4 Å². The fourth-order valence-electron chi connectivity index (χ4n) is 12.9. The van der Waals surface area contributed by atoms with Crippen LogP contribution < -0.4 is 5.32 Å². The topological polar surface area (TPSA) is 95.9 Å². The highest BCUT2D eigenvalue weighted by Gasteiger charge is 2.18. The molecule has 0 saturated heterocycles. The number of rotatable bonds is 77. The lowest BCUT2D eigenvalue weighted by Gasteiger charge is -2.20. The Hall–Kier alpha value is -1.92. The van der Waals surface area contributed by atoms with Crippen LogP contribution in [0.1, 0.15) is 457 Å². The lowest BCUT2D eigenvalue weighted by Crippen LogP contribution is -2.45. The van der Waals surface area contributed by atoms with Crippen molar-refractivity contribution in [3.8, 4) is 0 Å². The molecule has 2 atom stereocenters. The Bertz CT molecular complexity index is 1440. The SMILES string of the molecule is CCCCCC/C=C\CCCCCCCC(=O)OCCCCCCCCCCCCCCCCCCCC/C=C\CCCCCCCCCCCCCCCCCCCC(=O)NC(CO)C(O)/C=C/CCCCCCCCCCCCCCCCCCCC. The number of aliphatic hydroxyl groups excluding tert-OH is 2. The Morgan fingerprint density at radius 2 is 0.528 bits per heavy atom. The number of ether oxygens (including phenoxy) is 1. The highest BCUT2D eigenvalue weighted by atomic mass is 16.5. The van der Waals surface area contributed by atoms with Crippen molar-refractivity contribution in [2.45, 2.75) is 469 Å². The van der Waals surface area contributed by atoms with E-state index in [9.17, 15) is 19.8 Å². The van der Waals surface area contributed by atoms with E-state index in [-0.39, 0.29) is 18.5 Å². The molecule has 0 aromatic rings. The summed E-state index contributed by atoms with van der Waals surface area (Å²) in [6.45, 7) is 4.93. The third-order valence-electron chi connectivity index (χ3n) is 19.1. The number of amides is 1. The number of carbonyl (C=O) groups excluding carboxylic acids is 2. The van der Waals surface area contributed by atoms with Crippen LogP contribution in [0.25, 0.3) is 0 Å². The molecule has 6 nitrogen and oxygen atoms in total. The zero-order valence-electron chi connectivity index (χ0n) is 60.4. The predicted octanol–water partition coefficient (Wildman–Crippen LogP) is 27.0. The average molecular weight is 1250 g/mol. The smallest absolute Gasteiger partial charge is 0.305 e. The first-order valence-electron chi connectivity index (χ1n) is 40.8. The van der Waals surface area contributed by atoms with Crippen LogP contribution in [0.4, 0.5) is 0 Å². The third-order valence-corrected chi connectivity index (χ3v) is 19.1. The molecule has 0 spiro atoms. The molecule has 0 aromatic carbocycles. The highest BCUT2D eigenvalue weighted by Crippen LogP contribution is 2.20. The van der Waals surface area contributed by atoms with Crippen molar-refractivity contribution in [1.82, 2.24) is 5.32 Å². The minimum absolute atomic E-state index is 0.0136. The van der Waals surface area contributed by atoms with Crippen molar-refractivity contribution in [1.29, 1.82) is 0 Å². The van der Waals surface area contributed by atoms with Gasteiger partial charge in [-0.05, 0) is 83.5 Å². The van der Waals surface area contributed by atoms with Crippen molar-refractivity contribution in [3.63, 3.8) is 0 Å². The third kappa shape index (κ3) is 75.0. The summed E-state index contributed by atoms with van der Waals surface area (Å²) in [5.41, 5.74) is 0. The van der Waals surface area contributed by atoms with Gasteiger partial charge >= 0.3 is 5.97 Å². The maximum Gasteiger partial charge on any atom is 0.305 e. The van der Waals surface area contributed by atoms with Gasteiger partial charge in [0, 0.05) is 12.8 Å². The van der Waals surface area contributed by atoms with Crippen LogP contribution in [0.15, 0.2) is 36.5 Å². The Kier molecular flexibility index (Phi) is 76.8. The fourth-order valence-corrected chi connectivity index (χ4v) is 12.9. The first-order valence-corrected chi connectivity index (χ1v) is 40.8. The van der Waals surface area contributed by atoms with Crippen LogP contribution >= 0.6 is 0 Å². The van der Waals surface area contributed by atoms with Crippen LogP contribution in [0.2, 0.25) is 0 Å². The molecule has 1 amide bonds. The summed E-state index contributed by atoms with van der Waals surface area (Å²) in [5, 5.41) is 23.3. The molecular formula is C83H159NO5. The van der Waals surface area contributed by atoms with E-state index in [1.165, 1.54) is 385 Å². The molecule has 3 N–H and O–H groups in total. The number of hydrogen-bond donors (Lipinski definition) is 3. The first-order chi connectivity index (χ1) is 44.0. The Labute approximate surface area is 557 Å². The normalized spacial score (nSPS) is 12.6. The van der Waals surface area contributed by atoms with Gasteiger partial charge in [0.2, 0.25) is 5.91 Å². The maximum atomic E-state index is 12.5. The number of aliphatic hydroxyl groups is 2. The van der Waals surface area contributed by atoms with Crippen LogP contribution in [0, 0.1) is 0 Å². The zero-order chi connectivity index (χ0) is 64.2. The molecule has 0 heterocycles. The van der Waals surface area contributed by atoms with Crippen molar-refractivity contribution in [3.05, 3.63) is 36.5 Å². The maximum absolute atomic E-state index is 12.5. The quantitative estimate of drug-likeness (QED) is 0.0320. The molecule has 0 fully saturated rings. The largest absolute Gasteiger partial charge is 0.466 e. The number of carbonyl (C=O) groups is 2. The van der Waals surface area contributed by atoms with Crippen molar-refractivity contribution in [2.24, 2.45) is 0 Å². The standard InChI is InChI=1S/C83H159NO5/c1-3-5-7-9-11-13-15-17-18-19-20-42-45-48-52-55-59-63-67-71-75-81(86)80(79-85)84-82(87)76-72-68-64-60-56-53-49-46-43-40-38-36-34-32-30-28-26-24-22-21-23-25-27-29-31-33-35-37-39-41-44-47-50-54-58-62-66-70-74-78-89-83(88)77-73-69-65-61-57-51-16-14-12-10-8-6-4-2/h14,16,21-22,71,75,80-81,85-86H,3-13,15,17-20,23-70,72-74,76-79H2,1-2H3,(H,84,87)/b16-14-,22-21-,75-71+. The molecule has 0 aliphatic heterocycles. The summed E-state index contributed by atoms with van der Waals surface area (Å²) in [6, 6.07) is -0.625. The second-order valence-electron chi connectivity index (χ2n) is 28.1. The summed E-state index contributed by atoms with van der Waals surface area (Å²) in [6.07, 6.45) is 103. The summed E-state index contributed by atoms with van der Waals surface area (Å²) in [4.78, 5) is 24.6. The Morgan fingerprint density at radius 1 is 0.303 bits per heavy atom. The average Bonchev–Trinajstić information content (AvgIpc) is 3.55. The van der Waals surface area contributed by atoms with E-state index in [0.717, 1.165) is 44.9 Å². The van der Waals surface area contributed by atoms with Gasteiger partial charge < -0.3 is 20.3 Å². The van der Waals surface area contributed by atoms with Crippen LogP contribution in [0.5, 0.6) is 0 Å². The number of esters is 1. The molecule has 0 aromatic heterocycles. The molecular weight excluding hydrogens is 1090 g/mol. The molecule has 2 unspecified atom stereocenters. The van der Waals surface area contributed by atoms with Gasteiger partial charge in [-0.25, -0.2) is 0 Å². The predicted molar refractivity (Wildman–Crippen MR) is 393 cm³/mol. The van der Waals surface area contributed by atoms with Gasteiger partial charge in [-0.2, -0.15) is 0 Å².